The Bertz CT molecular complexity index is 693. The molecule has 0 aliphatic heterocycles. The third kappa shape index (κ3) is 5.54. The molecule has 6 heteroatoms. The lowest BCUT2D eigenvalue weighted by molar-refractivity contribution is -0.131. The van der Waals surface area contributed by atoms with Gasteiger partial charge in [0.25, 0.3) is 0 Å². The summed E-state index contributed by atoms with van der Waals surface area (Å²) in [6, 6.07) is 5.64. The summed E-state index contributed by atoms with van der Waals surface area (Å²) >= 11 is 0. The van der Waals surface area contributed by atoms with Crippen molar-refractivity contribution in [3.63, 3.8) is 0 Å². The van der Waals surface area contributed by atoms with Gasteiger partial charge in [0.15, 0.2) is 0 Å². The Morgan fingerprint density at radius 2 is 1.80 bits per heavy atom. The first-order valence-electron chi connectivity index (χ1n) is 9.15. The van der Waals surface area contributed by atoms with E-state index in [1.165, 1.54) is 12.8 Å². The van der Waals surface area contributed by atoms with E-state index >= 15 is 0 Å². The first-order valence-corrected chi connectivity index (χ1v) is 10.6. The van der Waals surface area contributed by atoms with Crippen molar-refractivity contribution in [2.24, 2.45) is 0 Å². The van der Waals surface area contributed by atoms with Gasteiger partial charge in [-0.2, -0.15) is 0 Å². The molecule has 1 aliphatic rings. The molecule has 0 heterocycles. The fraction of sp³-hybridized carbons (Fsp3) is 0.632. The molecule has 140 valence electrons. The quantitative estimate of drug-likeness (QED) is 0.787. The number of nitrogens with one attached hydrogen (secondary N) is 1. The van der Waals surface area contributed by atoms with Gasteiger partial charge in [-0.15, -0.1) is 0 Å². The van der Waals surface area contributed by atoms with Gasteiger partial charge in [0.2, 0.25) is 15.9 Å². The average Bonchev–Trinajstić information content (AvgIpc) is 2.82. The summed E-state index contributed by atoms with van der Waals surface area (Å²) in [5.41, 5.74) is 1.64. The molecule has 0 aromatic heterocycles. The summed E-state index contributed by atoms with van der Waals surface area (Å²) in [5.74, 6) is 0.0258. The van der Waals surface area contributed by atoms with Gasteiger partial charge in [-0.1, -0.05) is 37.8 Å². The van der Waals surface area contributed by atoms with Crippen molar-refractivity contribution in [1.29, 1.82) is 0 Å². The molecule has 25 heavy (non-hydrogen) atoms. The lowest BCUT2D eigenvalue weighted by Crippen LogP contribution is -2.43. The zero-order valence-electron chi connectivity index (χ0n) is 15.5. The van der Waals surface area contributed by atoms with Gasteiger partial charge < -0.3 is 4.90 Å². The molecular weight excluding hydrogens is 336 g/mol. The van der Waals surface area contributed by atoms with Crippen molar-refractivity contribution in [3.05, 3.63) is 29.3 Å². The Hall–Kier alpha value is -1.40. The van der Waals surface area contributed by atoms with Crippen molar-refractivity contribution in [2.45, 2.75) is 70.2 Å². The van der Waals surface area contributed by atoms with Gasteiger partial charge in [0.1, 0.15) is 0 Å². The fourth-order valence-corrected chi connectivity index (χ4v) is 4.89. The second-order valence-corrected chi connectivity index (χ2v) is 8.76. The van der Waals surface area contributed by atoms with E-state index in [9.17, 15) is 13.2 Å². The normalized spacial score (nSPS) is 16.4. The maximum Gasteiger partial charge on any atom is 0.240 e. The molecule has 1 saturated carbocycles. The Balaban J connectivity index is 2.01. The molecule has 1 fully saturated rings. The molecule has 0 spiro atoms. The molecule has 0 atom stereocenters. The van der Waals surface area contributed by atoms with E-state index in [0.717, 1.165) is 36.8 Å². The summed E-state index contributed by atoms with van der Waals surface area (Å²) in [4.78, 5) is 14.2. The molecule has 0 saturated heterocycles. The van der Waals surface area contributed by atoms with Crippen LogP contribution in [-0.4, -0.2) is 38.4 Å². The SMILES string of the molecule is CC(=O)N(CCNS(=O)(=O)c1cc(C)ccc1C)C1CCCCCC1. The van der Waals surface area contributed by atoms with Gasteiger partial charge in [-0.3, -0.25) is 4.79 Å². The number of hydrogen-bond acceptors (Lipinski definition) is 3. The van der Waals surface area contributed by atoms with Crippen LogP contribution >= 0.6 is 0 Å². The molecule has 1 amide bonds. The highest BCUT2D eigenvalue weighted by Crippen LogP contribution is 2.22. The van der Waals surface area contributed by atoms with Crippen molar-refractivity contribution >= 4 is 15.9 Å². The predicted molar refractivity (Wildman–Crippen MR) is 100.0 cm³/mol. The molecule has 0 radical (unpaired) electrons. The van der Waals surface area contributed by atoms with Gasteiger partial charge in [-0.05, 0) is 43.9 Å². The fourth-order valence-electron chi connectivity index (χ4n) is 3.54. The lowest BCUT2D eigenvalue weighted by atomic mass is 10.1. The van der Waals surface area contributed by atoms with Crippen LogP contribution < -0.4 is 4.72 Å². The van der Waals surface area contributed by atoms with E-state index in [1.807, 2.05) is 24.0 Å². The van der Waals surface area contributed by atoms with Crippen molar-refractivity contribution in [3.8, 4) is 0 Å². The lowest BCUT2D eigenvalue weighted by Gasteiger charge is -2.30. The van der Waals surface area contributed by atoms with Crippen LogP contribution in [0.3, 0.4) is 0 Å². The highest BCUT2D eigenvalue weighted by molar-refractivity contribution is 7.89. The Kier molecular flexibility index (Phi) is 7.02. The average molecular weight is 367 g/mol. The van der Waals surface area contributed by atoms with Crippen molar-refractivity contribution in [1.82, 2.24) is 9.62 Å². The Labute approximate surface area is 151 Å². The van der Waals surface area contributed by atoms with E-state index in [-0.39, 0.29) is 18.5 Å². The van der Waals surface area contributed by atoms with Crippen LogP contribution in [0, 0.1) is 13.8 Å². The van der Waals surface area contributed by atoms with E-state index in [2.05, 4.69) is 4.72 Å². The molecule has 1 N–H and O–H groups in total. The molecule has 0 unspecified atom stereocenters. The van der Waals surface area contributed by atoms with E-state index < -0.39 is 10.0 Å². The van der Waals surface area contributed by atoms with Crippen LogP contribution in [0.25, 0.3) is 0 Å². The maximum absolute atomic E-state index is 12.6. The topological polar surface area (TPSA) is 66.5 Å². The smallest absolute Gasteiger partial charge is 0.240 e. The number of benzene rings is 1. The third-order valence-corrected chi connectivity index (χ3v) is 6.55. The number of nitrogens with zero attached hydrogens (tertiary/aromatic N) is 1. The minimum absolute atomic E-state index is 0.0258. The summed E-state index contributed by atoms with van der Waals surface area (Å²) in [5, 5.41) is 0. The standard InChI is InChI=1S/C19H30N2O3S/c1-15-10-11-16(2)19(14-15)25(23,24)20-12-13-21(17(3)22)18-8-6-4-5-7-9-18/h10-11,14,18,20H,4-9,12-13H2,1-3H3. The number of carbonyl (C=O) groups is 1. The summed E-state index contributed by atoms with van der Waals surface area (Å²) < 4.78 is 27.8. The minimum Gasteiger partial charge on any atom is -0.339 e. The van der Waals surface area contributed by atoms with Crippen LogP contribution in [-0.2, 0) is 14.8 Å². The van der Waals surface area contributed by atoms with Gasteiger partial charge in [0.05, 0.1) is 4.90 Å². The van der Waals surface area contributed by atoms with Crippen molar-refractivity contribution in [2.75, 3.05) is 13.1 Å². The zero-order chi connectivity index (χ0) is 18.4. The summed E-state index contributed by atoms with van der Waals surface area (Å²) in [7, 11) is -3.56. The van der Waals surface area contributed by atoms with E-state index in [4.69, 9.17) is 0 Å². The molecule has 2 rings (SSSR count). The number of rotatable bonds is 6. The van der Waals surface area contributed by atoms with Crippen LogP contribution in [0.5, 0.6) is 0 Å². The van der Waals surface area contributed by atoms with Crippen LogP contribution in [0.15, 0.2) is 23.1 Å². The molecule has 5 nitrogen and oxygen atoms in total. The Morgan fingerprint density at radius 3 is 2.40 bits per heavy atom. The minimum atomic E-state index is -3.56. The molecule has 1 aromatic carbocycles. The molecule has 0 bridgehead atoms. The molecular formula is C19H30N2O3S. The number of sulfonamides is 1. The molecule has 1 aliphatic carbocycles. The highest BCUT2D eigenvalue weighted by Gasteiger charge is 2.23. The largest absolute Gasteiger partial charge is 0.339 e. The van der Waals surface area contributed by atoms with E-state index in [0.29, 0.717) is 11.4 Å². The number of aryl methyl sites for hydroxylation is 2. The van der Waals surface area contributed by atoms with Crippen LogP contribution in [0.4, 0.5) is 0 Å². The second-order valence-electron chi connectivity index (χ2n) is 7.02. The van der Waals surface area contributed by atoms with Gasteiger partial charge >= 0.3 is 0 Å². The number of hydrogen-bond donors (Lipinski definition) is 1. The van der Waals surface area contributed by atoms with Crippen LogP contribution in [0.2, 0.25) is 0 Å². The monoisotopic (exact) mass is 366 g/mol. The summed E-state index contributed by atoms with van der Waals surface area (Å²) in [6.07, 6.45) is 6.76. The Morgan fingerprint density at radius 1 is 1.16 bits per heavy atom. The van der Waals surface area contributed by atoms with Crippen molar-refractivity contribution < 1.29 is 13.2 Å². The third-order valence-electron chi connectivity index (χ3n) is 4.95. The first kappa shape index (κ1) is 19.9. The molecule has 1 aromatic rings. The predicted octanol–water partition coefficient (Wildman–Crippen LogP) is 3.15. The van der Waals surface area contributed by atoms with Gasteiger partial charge in [-0.25, -0.2) is 13.1 Å². The van der Waals surface area contributed by atoms with Crippen LogP contribution in [0.1, 0.15) is 56.6 Å². The maximum atomic E-state index is 12.6. The second kappa shape index (κ2) is 8.81. The number of amides is 1. The zero-order valence-corrected chi connectivity index (χ0v) is 16.4. The summed E-state index contributed by atoms with van der Waals surface area (Å²) in [6.45, 7) is 5.91. The number of carbonyl (C=O) groups excluding carboxylic acids is 1. The highest BCUT2D eigenvalue weighted by atomic mass is 32.2. The van der Waals surface area contributed by atoms with Gasteiger partial charge in [0, 0.05) is 26.1 Å². The first-order chi connectivity index (χ1) is 11.8. The van der Waals surface area contributed by atoms with E-state index in [1.54, 1.807) is 19.9 Å².